The molecule has 1 heterocycles. The molecule has 1 aliphatic rings. The quantitative estimate of drug-likeness (QED) is 0.901. The van der Waals surface area contributed by atoms with Crippen LogP contribution in [-0.2, 0) is 4.74 Å². The lowest BCUT2D eigenvalue weighted by molar-refractivity contribution is 0.0439. The van der Waals surface area contributed by atoms with Gasteiger partial charge in [-0.05, 0) is 50.8 Å². The van der Waals surface area contributed by atoms with Gasteiger partial charge < -0.3 is 14.7 Å². The fourth-order valence-electron chi connectivity index (χ4n) is 2.87. The molecule has 0 amide bonds. The number of anilines is 1. The molecule has 0 radical (unpaired) electrons. The molecular weight excluding hydrogens is 269 g/mol. The Morgan fingerprint density at radius 3 is 2.90 bits per heavy atom. The second-order valence-electron chi connectivity index (χ2n) is 5.92. The largest absolute Gasteiger partial charge is 0.389 e. The van der Waals surface area contributed by atoms with Crippen molar-refractivity contribution in [2.24, 2.45) is 0 Å². The minimum absolute atomic E-state index is 0.228. The van der Waals surface area contributed by atoms with Gasteiger partial charge in [-0.25, -0.2) is 4.39 Å². The minimum Gasteiger partial charge on any atom is -0.389 e. The fourth-order valence-corrected chi connectivity index (χ4v) is 2.87. The molecule has 0 aromatic heterocycles. The molecule has 1 N–H and O–H groups in total. The summed E-state index contributed by atoms with van der Waals surface area (Å²) in [6, 6.07) is 3.31. The molecule has 0 bridgehead atoms. The van der Waals surface area contributed by atoms with Gasteiger partial charge in [-0.15, -0.1) is 0 Å². The number of aliphatic hydroxyl groups is 1. The van der Waals surface area contributed by atoms with Crippen LogP contribution in [0.15, 0.2) is 12.1 Å². The van der Waals surface area contributed by atoms with E-state index in [9.17, 15) is 9.50 Å². The van der Waals surface area contributed by atoms with Crippen LogP contribution in [0.1, 0.15) is 50.3 Å². The van der Waals surface area contributed by atoms with Crippen molar-refractivity contribution in [3.8, 4) is 0 Å². The lowest BCUT2D eigenvalue weighted by Gasteiger charge is -2.36. The van der Waals surface area contributed by atoms with Crippen LogP contribution < -0.4 is 4.90 Å². The van der Waals surface area contributed by atoms with Crippen LogP contribution >= 0.6 is 0 Å². The molecule has 0 saturated carbocycles. The van der Waals surface area contributed by atoms with Gasteiger partial charge in [0.1, 0.15) is 5.82 Å². The average Bonchev–Trinajstić information content (AvgIpc) is 2.47. The van der Waals surface area contributed by atoms with Gasteiger partial charge in [-0.1, -0.05) is 6.92 Å². The first-order chi connectivity index (χ1) is 10.0. The molecule has 2 unspecified atom stereocenters. The molecule has 4 heteroatoms. The Balaban J connectivity index is 2.21. The molecule has 1 aromatic carbocycles. The molecule has 1 saturated heterocycles. The second kappa shape index (κ2) is 7.23. The first-order valence-corrected chi connectivity index (χ1v) is 7.87. The van der Waals surface area contributed by atoms with Gasteiger partial charge in [0.25, 0.3) is 0 Å². The monoisotopic (exact) mass is 295 g/mol. The number of piperidine rings is 1. The molecular formula is C17H26FNO2. The summed E-state index contributed by atoms with van der Waals surface area (Å²) in [5.41, 5.74) is 2.22. The molecule has 2 atom stereocenters. The van der Waals surface area contributed by atoms with Crippen molar-refractivity contribution < 1.29 is 14.2 Å². The number of benzene rings is 1. The highest BCUT2D eigenvalue weighted by molar-refractivity contribution is 5.57. The van der Waals surface area contributed by atoms with Crippen LogP contribution in [0.4, 0.5) is 10.1 Å². The van der Waals surface area contributed by atoms with E-state index in [0.29, 0.717) is 11.1 Å². The number of aryl methyl sites for hydroxylation is 1. The molecule has 118 valence electrons. The van der Waals surface area contributed by atoms with E-state index in [-0.39, 0.29) is 11.9 Å². The van der Waals surface area contributed by atoms with Crippen molar-refractivity contribution in [2.45, 2.75) is 52.2 Å². The Bertz CT molecular complexity index is 476. The molecule has 0 aliphatic carbocycles. The van der Waals surface area contributed by atoms with E-state index in [0.717, 1.165) is 44.6 Å². The lowest BCUT2D eigenvalue weighted by Crippen LogP contribution is -2.40. The van der Waals surface area contributed by atoms with Crippen LogP contribution in [-0.4, -0.2) is 30.9 Å². The van der Waals surface area contributed by atoms with Gasteiger partial charge in [0.15, 0.2) is 0 Å². The van der Waals surface area contributed by atoms with Gasteiger partial charge in [0.2, 0.25) is 0 Å². The van der Waals surface area contributed by atoms with Crippen molar-refractivity contribution >= 4 is 5.69 Å². The van der Waals surface area contributed by atoms with Crippen molar-refractivity contribution in [3.05, 3.63) is 29.1 Å². The van der Waals surface area contributed by atoms with E-state index in [1.165, 1.54) is 6.07 Å². The van der Waals surface area contributed by atoms with Crippen molar-refractivity contribution in [2.75, 3.05) is 24.6 Å². The summed E-state index contributed by atoms with van der Waals surface area (Å²) < 4.78 is 19.6. The van der Waals surface area contributed by atoms with E-state index < -0.39 is 6.10 Å². The highest BCUT2D eigenvalue weighted by atomic mass is 19.1. The molecule has 21 heavy (non-hydrogen) atoms. The zero-order valence-electron chi connectivity index (χ0n) is 13.2. The predicted molar refractivity (Wildman–Crippen MR) is 83.2 cm³/mol. The zero-order chi connectivity index (χ0) is 15.4. The Kier molecular flexibility index (Phi) is 5.59. The van der Waals surface area contributed by atoms with Crippen molar-refractivity contribution in [3.63, 3.8) is 0 Å². The van der Waals surface area contributed by atoms with E-state index in [4.69, 9.17) is 4.74 Å². The van der Waals surface area contributed by atoms with Gasteiger partial charge in [-0.2, -0.15) is 0 Å². The smallest absolute Gasteiger partial charge is 0.126 e. The SMILES string of the molecule is CCCOC1CCCN(c2cc(C)c(F)cc2C(C)O)C1. The lowest BCUT2D eigenvalue weighted by atomic mass is 10.0. The van der Waals surface area contributed by atoms with Crippen molar-refractivity contribution in [1.29, 1.82) is 0 Å². The van der Waals surface area contributed by atoms with Crippen molar-refractivity contribution in [1.82, 2.24) is 0 Å². The number of ether oxygens (including phenoxy) is 1. The summed E-state index contributed by atoms with van der Waals surface area (Å²) in [6.07, 6.45) is 2.70. The van der Waals surface area contributed by atoms with E-state index in [2.05, 4.69) is 11.8 Å². The Morgan fingerprint density at radius 1 is 1.48 bits per heavy atom. The maximum absolute atomic E-state index is 13.8. The van der Waals surface area contributed by atoms with Gasteiger partial charge in [0, 0.05) is 30.9 Å². The van der Waals surface area contributed by atoms with Crippen LogP contribution in [0.2, 0.25) is 0 Å². The Hall–Kier alpha value is -1.13. The number of hydrogen-bond acceptors (Lipinski definition) is 3. The molecule has 2 rings (SSSR count). The van der Waals surface area contributed by atoms with Crippen LogP contribution in [0.3, 0.4) is 0 Å². The van der Waals surface area contributed by atoms with E-state index >= 15 is 0 Å². The summed E-state index contributed by atoms with van der Waals surface area (Å²) in [5.74, 6) is -0.259. The third kappa shape index (κ3) is 3.95. The standard InChI is InChI=1S/C17H26FNO2/c1-4-8-21-14-6-5-7-19(11-14)17-9-12(2)16(18)10-15(17)13(3)20/h9-10,13-14,20H,4-8,11H2,1-3H3. The highest BCUT2D eigenvalue weighted by Gasteiger charge is 2.24. The molecule has 3 nitrogen and oxygen atoms in total. The Morgan fingerprint density at radius 2 is 2.24 bits per heavy atom. The number of hydrogen-bond donors (Lipinski definition) is 1. The van der Waals surface area contributed by atoms with Crippen LogP contribution in [0.5, 0.6) is 0 Å². The molecule has 0 spiro atoms. The molecule has 1 aromatic rings. The van der Waals surface area contributed by atoms with Crippen LogP contribution in [0.25, 0.3) is 0 Å². The number of aliphatic hydroxyl groups excluding tert-OH is 1. The zero-order valence-corrected chi connectivity index (χ0v) is 13.2. The summed E-state index contributed by atoms with van der Waals surface area (Å²) >= 11 is 0. The average molecular weight is 295 g/mol. The number of rotatable bonds is 5. The minimum atomic E-state index is -0.674. The maximum atomic E-state index is 13.8. The molecule has 1 fully saturated rings. The Labute approximate surface area is 126 Å². The first kappa shape index (κ1) is 16.2. The van der Waals surface area contributed by atoms with Gasteiger partial charge >= 0.3 is 0 Å². The number of halogens is 1. The normalized spacial score (nSPS) is 20.6. The third-order valence-corrected chi connectivity index (χ3v) is 4.03. The van der Waals surface area contributed by atoms with Gasteiger partial charge in [-0.3, -0.25) is 0 Å². The van der Waals surface area contributed by atoms with E-state index in [1.807, 2.05) is 6.07 Å². The first-order valence-electron chi connectivity index (χ1n) is 7.87. The topological polar surface area (TPSA) is 32.7 Å². The van der Waals surface area contributed by atoms with Gasteiger partial charge in [0.05, 0.1) is 12.2 Å². The summed E-state index contributed by atoms with van der Waals surface area (Å²) in [6.45, 7) is 8.07. The summed E-state index contributed by atoms with van der Waals surface area (Å²) in [7, 11) is 0. The second-order valence-corrected chi connectivity index (χ2v) is 5.92. The van der Waals surface area contributed by atoms with Crippen LogP contribution in [0, 0.1) is 12.7 Å². The van der Waals surface area contributed by atoms with E-state index in [1.54, 1.807) is 13.8 Å². The highest BCUT2D eigenvalue weighted by Crippen LogP contribution is 2.31. The number of nitrogens with zero attached hydrogens (tertiary/aromatic N) is 1. The summed E-state index contributed by atoms with van der Waals surface area (Å²) in [4.78, 5) is 2.22. The molecule has 1 aliphatic heterocycles. The third-order valence-electron chi connectivity index (χ3n) is 4.03. The maximum Gasteiger partial charge on any atom is 0.126 e. The fraction of sp³-hybridized carbons (Fsp3) is 0.647. The summed E-state index contributed by atoms with van der Waals surface area (Å²) in [5, 5.41) is 9.93. The predicted octanol–water partition coefficient (Wildman–Crippen LogP) is 3.58.